The number of benzene rings is 2. The predicted molar refractivity (Wildman–Crippen MR) is 116 cm³/mol. The number of carbonyl (C=O) groups excluding carboxylic acids is 1. The van der Waals surface area contributed by atoms with Gasteiger partial charge in [-0.1, -0.05) is 42.5 Å². The lowest BCUT2D eigenvalue weighted by atomic mass is 10.0. The molecule has 7 nitrogen and oxygen atoms in total. The van der Waals surface area contributed by atoms with Crippen molar-refractivity contribution in [2.75, 3.05) is 18.9 Å². The zero-order valence-corrected chi connectivity index (χ0v) is 17.0. The van der Waals surface area contributed by atoms with Crippen molar-refractivity contribution in [3.63, 3.8) is 0 Å². The molecule has 3 N–H and O–H groups in total. The molecule has 1 aliphatic rings. The summed E-state index contributed by atoms with van der Waals surface area (Å²) in [6, 6.07) is 17.1. The number of nitrogens with one attached hydrogen (secondary N) is 1. The number of nitrogens with two attached hydrogens (primary N) is 1. The number of amides is 1. The van der Waals surface area contributed by atoms with Gasteiger partial charge in [0.25, 0.3) is 11.5 Å². The highest BCUT2D eigenvalue weighted by Gasteiger charge is 2.26. The van der Waals surface area contributed by atoms with Gasteiger partial charge in [-0.2, -0.15) is 0 Å². The number of nitrogens with zero attached hydrogens (tertiary/aromatic N) is 3. The summed E-state index contributed by atoms with van der Waals surface area (Å²) in [6.07, 6.45) is 0.554. The van der Waals surface area contributed by atoms with Gasteiger partial charge in [0.1, 0.15) is 0 Å². The van der Waals surface area contributed by atoms with E-state index in [-0.39, 0.29) is 18.0 Å². The zero-order valence-electron chi connectivity index (χ0n) is 17.0. The summed E-state index contributed by atoms with van der Waals surface area (Å²) in [5, 5.41) is 3.04. The molecule has 7 heteroatoms. The van der Waals surface area contributed by atoms with E-state index in [2.05, 4.69) is 10.3 Å². The molecule has 0 saturated carbocycles. The first-order valence-electron chi connectivity index (χ1n) is 10.0. The minimum atomic E-state index is -0.107. The quantitative estimate of drug-likeness (QED) is 0.680. The molecule has 0 radical (unpaired) electrons. The van der Waals surface area contributed by atoms with Crippen molar-refractivity contribution >= 4 is 11.9 Å². The lowest BCUT2D eigenvalue weighted by Crippen LogP contribution is -2.41. The van der Waals surface area contributed by atoms with E-state index in [1.54, 1.807) is 28.6 Å². The Kier molecular flexibility index (Phi) is 5.63. The number of hydrogen-bond acceptors (Lipinski definition) is 5. The van der Waals surface area contributed by atoms with Crippen molar-refractivity contribution in [1.82, 2.24) is 14.5 Å². The number of carbonyl (C=O) groups is 1. The summed E-state index contributed by atoms with van der Waals surface area (Å²) >= 11 is 0. The summed E-state index contributed by atoms with van der Waals surface area (Å²) in [5.74, 6) is 0.454. The van der Waals surface area contributed by atoms with Gasteiger partial charge in [-0.15, -0.1) is 0 Å². The van der Waals surface area contributed by atoms with Crippen LogP contribution in [0, 0.1) is 0 Å². The SMILES string of the molecule is CNc1nc2c(c(=O)n1Cc1ccccc1)CN(C(=O)c1ccc(CN)cc1)CC2. The fourth-order valence-electron chi connectivity index (χ4n) is 3.76. The Balaban J connectivity index is 1.64. The van der Waals surface area contributed by atoms with Crippen LogP contribution in [0.15, 0.2) is 59.4 Å². The molecule has 0 bridgehead atoms. The van der Waals surface area contributed by atoms with Crippen LogP contribution >= 0.6 is 0 Å². The van der Waals surface area contributed by atoms with Gasteiger partial charge in [-0.25, -0.2) is 4.98 Å². The fourth-order valence-corrected chi connectivity index (χ4v) is 3.76. The van der Waals surface area contributed by atoms with E-state index in [4.69, 9.17) is 5.73 Å². The van der Waals surface area contributed by atoms with Crippen LogP contribution in [0.1, 0.15) is 32.7 Å². The normalized spacial score (nSPS) is 13.1. The Hall–Kier alpha value is -3.45. The van der Waals surface area contributed by atoms with Crippen LogP contribution in [0.2, 0.25) is 0 Å². The molecule has 0 fully saturated rings. The van der Waals surface area contributed by atoms with E-state index in [9.17, 15) is 9.59 Å². The fraction of sp³-hybridized carbons (Fsp3) is 0.261. The Labute approximate surface area is 175 Å². The van der Waals surface area contributed by atoms with E-state index < -0.39 is 0 Å². The van der Waals surface area contributed by atoms with Crippen LogP contribution in [-0.2, 0) is 26.1 Å². The molecular weight excluding hydrogens is 378 g/mol. The van der Waals surface area contributed by atoms with Crippen molar-refractivity contribution in [3.8, 4) is 0 Å². The predicted octanol–water partition coefficient (Wildman–Crippen LogP) is 1.99. The van der Waals surface area contributed by atoms with E-state index in [1.165, 1.54) is 0 Å². The third-order valence-corrected chi connectivity index (χ3v) is 5.45. The Morgan fingerprint density at radius 3 is 2.50 bits per heavy atom. The number of hydrogen-bond donors (Lipinski definition) is 2. The molecule has 0 aliphatic carbocycles. The monoisotopic (exact) mass is 403 g/mol. The van der Waals surface area contributed by atoms with E-state index in [1.807, 2.05) is 42.5 Å². The van der Waals surface area contributed by atoms with E-state index >= 15 is 0 Å². The van der Waals surface area contributed by atoms with Crippen LogP contribution < -0.4 is 16.6 Å². The van der Waals surface area contributed by atoms with Crippen LogP contribution in [0.4, 0.5) is 5.95 Å². The molecule has 1 aromatic heterocycles. The summed E-state index contributed by atoms with van der Waals surface area (Å²) in [7, 11) is 1.76. The molecule has 1 amide bonds. The second kappa shape index (κ2) is 8.51. The number of rotatable bonds is 5. The minimum absolute atomic E-state index is 0.0871. The summed E-state index contributed by atoms with van der Waals surface area (Å²) in [5.41, 5.74) is 9.46. The third-order valence-electron chi connectivity index (χ3n) is 5.45. The average Bonchev–Trinajstić information content (AvgIpc) is 2.80. The average molecular weight is 403 g/mol. The summed E-state index contributed by atoms with van der Waals surface area (Å²) in [4.78, 5) is 32.7. The molecule has 2 heterocycles. The molecule has 0 unspecified atom stereocenters. The van der Waals surface area contributed by atoms with Gasteiger partial charge in [-0.3, -0.25) is 14.2 Å². The van der Waals surface area contributed by atoms with Crippen LogP contribution in [0.5, 0.6) is 0 Å². The molecule has 0 saturated heterocycles. The van der Waals surface area contributed by atoms with Gasteiger partial charge in [0.2, 0.25) is 5.95 Å². The number of anilines is 1. The molecule has 0 atom stereocenters. The Morgan fingerprint density at radius 2 is 1.83 bits per heavy atom. The first kappa shape index (κ1) is 19.8. The zero-order chi connectivity index (χ0) is 21.1. The van der Waals surface area contributed by atoms with Crippen LogP contribution in [-0.4, -0.2) is 34.0 Å². The Morgan fingerprint density at radius 1 is 1.10 bits per heavy atom. The highest BCUT2D eigenvalue weighted by Crippen LogP contribution is 2.19. The first-order valence-corrected chi connectivity index (χ1v) is 10.0. The maximum atomic E-state index is 13.3. The van der Waals surface area contributed by atoms with Gasteiger partial charge in [0.05, 0.1) is 24.3 Å². The number of aromatic nitrogens is 2. The molecule has 4 rings (SSSR count). The first-order chi connectivity index (χ1) is 14.6. The molecule has 30 heavy (non-hydrogen) atoms. The van der Waals surface area contributed by atoms with Crippen LogP contribution in [0.3, 0.4) is 0 Å². The summed E-state index contributed by atoms with van der Waals surface area (Å²) < 4.78 is 1.64. The number of fused-ring (bicyclic) bond motifs is 1. The molecule has 1 aliphatic heterocycles. The smallest absolute Gasteiger partial charge is 0.260 e. The third kappa shape index (κ3) is 3.84. The maximum absolute atomic E-state index is 13.3. The highest BCUT2D eigenvalue weighted by atomic mass is 16.2. The second-order valence-corrected chi connectivity index (χ2v) is 7.37. The maximum Gasteiger partial charge on any atom is 0.260 e. The van der Waals surface area contributed by atoms with Gasteiger partial charge in [0.15, 0.2) is 0 Å². The van der Waals surface area contributed by atoms with Crippen molar-refractivity contribution in [3.05, 3.63) is 92.9 Å². The minimum Gasteiger partial charge on any atom is -0.359 e. The van der Waals surface area contributed by atoms with E-state index in [0.717, 1.165) is 16.8 Å². The lowest BCUT2D eigenvalue weighted by molar-refractivity contribution is 0.0732. The molecule has 0 spiro atoms. The topological polar surface area (TPSA) is 93.2 Å². The van der Waals surface area contributed by atoms with Crippen molar-refractivity contribution in [1.29, 1.82) is 0 Å². The molecule has 154 valence electrons. The van der Waals surface area contributed by atoms with Crippen molar-refractivity contribution < 1.29 is 4.79 Å². The molecule has 3 aromatic rings. The van der Waals surface area contributed by atoms with Crippen LogP contribution in [0.25, 0.3) is 0 Å². The standard InChI is InChI=1S/C23H25N5O2/c1-25-23-26-20-11-12-27(21(29)18-9-7-16(13-24)8-10-18)15-19(20)22(30)28(23)14-17-5-3-2-4-6-17/h2-10H,11-15,24H2,1H3,(H,25,26). The van der Waals surface area contributed by atoms with Gasteiger partial charge >= 0.3 is 0 Å². The molecule has 2 aromatic carbocycles. The lowest BCUT2D eigenvalue weighted by Gasteiger charge is -2.29. The van der Waals surface area contributed by atoms with E-state index in [0.29, 0.717) is 43.1 Å². The largest absolute Gasteiger partial charge is 0.359 e. The second-order valence-electron chi connectivity index (χ2n) is 7.37. The van der Waals surface area contributed by atoms with Crippen molar-refractivity contribution in [2.45, 2.75) is 26.1 Å². The highest BCUT2D eigenvalue weighted by molar-refractivity contribution is 5.94. The van der Waals surface area contributed by atoms with Gasteiger partial charge < -0.3 is 16.0 Å². The summed E-state index contributed by atoms with van der Waals surface area (Å²) in [6.45, 7) is 1.65. The van der Waals surface area contributed by atoms with Gasteiger partial charge in [-0.05, 0) is 23.3 Å². The van der Waals surface area contributed by atoms with Gasteiger partial charge in [0, 0.05) is 32.1 Å². The Bertz CT molecular complexity index is 1110. The van der Waals surface area contributed by atoms with Crippen molar-refractivity contribution in [2.24, 2.45) is 5.73 Å². The molecular formula is C23H25N5O2.